The van der Waals surface area contributed by atoms with Crippen LogP contribution in [-0.2, 0) is 4.79 Å². The summed E-state index contributed by atoms with van der Waals surface area (Å²) in [5.74, 6) is 0.158. The lowest BCUT2D eigenvalue weighted by Crippen LogP contribution is -2.53. The Morgan fingerprint density at radius 3 is 2.06 bits per heavy atom. The van der Waals surface area contributed by atoms with Crippen LogP contribution in [0, 0.1) is 5.92 Å². The first-order valence-corrected chi connectivity index (χ1v) is 6.37. The Hall–Kier alpha value is -0.640. The van der Waals surface area contributed by atoms with E-state index in [1.807, 2.05) is 13.8 Å². The predicted octanol–water partition coefficient (Wildman–Crippen LogP) is 2.38. The van der Waals surface area contributed by atoms with E-state index in [1.54, 1.807) is 0 Å². The monoisotopic (exact) mass is 244 g/mol. The molecule has 0 saturated heterocycles. The number of carbonyl (C=O) groups is 1. The van der Waals surface area contributed by atoms with Crippen LogP contribution in [0.25, 0.3) is 0 Å². The number of hydrogen-bond donors (Lipinski definition) is 2. The third-order valence-electron chi connectivity index (χ3n) is 2.70. The van der Waals surface area contributed by atoms with Crippen molar-refractivity contribution in [1.29, 1.82) is 0 Å². The number of amides is 1. The number of thiocarbonyl (C=S) groups is 1. The second-order valence-corrected chi connectivity index (χ2v) is 5.19. The zero-order valence-electron chi connectivity index (χ0n) is 10.8. The fourth-order valence-corrected chi connectivity index (χ4v) is 1.63. The molecular weight excluding hydrogens is 220 g/mol. The van der Waals surface area contributed by atoms with Crippen molar-refractivity contribution in [2.75, 3.05) is 0 Å². The van der Waals surface area contributed by atoms with Gasteiger partial charge in [-0.15, -0.1) is 0 Å². The van der Waals surface area contributed by atoms with E-state index < -0.39 is 5.54 Å². The molecule has 0 atom stereocenters. The molecule has 0 heterocycles. The van der Waals surface area contributed by atoms with Crippen LogP contribution in [-0.4, -0.2) is 16.4 Å². The number of rotatable bonds is 7. The molecule has 16 heavy (non-hydrogen) atoms. The van der Waals surface area contributed by atoms with Gasteiger partial charge in [-0.05, 0) is 26.7 Å². The van der Waals surface area contributed by atoms with Crippen molar-refractivity contribution in [1.82, 2.24) is 5.32 Å². The lowest BCUT2D eigenvalue weighted by atomic mass is 9.95. The zero-order valence-corrected chi connectivity index (χ0v) is 11.6. The highest BCUT2D eigenvalue weighted by atomic mass is 32.1. The Morgan fingerprint density at radius 2 is 1.75 bits per heavy atom. The highest BCUT2D eigenvalue weighted by Crippen LogP contribution is 2.15. The minimum Gasteiger partial charge on any atom is -0.391 e. The maximum Gasteiger partial charge on any atom is 0.223 e. The molecule has 3 N–H and O–H groups in total. The van der Waals surface area contributed by atoms with Gasteiger partial charge < -0.3 is 11.1 Å². The van der Waals surface area contributed by atoms with Crippen LogP contribution < -0.4 is 11.1 Å². The molecule has 0 saturated carbocycles. The number of nitrogens with two attached hydrogens (primary N) is 1. The average molecular weight is 244 g/mol. The smallest absolute Gasteiger partial charge is 0.223 e. The number of hydrogen-bond acceptors (Lipinski definition) is 2. The minimum absolute atomic E-state index is 0.0708. The molecule has 94 valence electrons. The summed E-state index contributed by atoms with van der Waals surface area (Å²) in [5.41, 5.74) is 4.99. The number of nitrogens with one attached hydrogen (secondary N) is 1. The first kappa shape index (κ1) is 15.4. The molecule has 0 aliphatic heterocycles. The standard InChI is InChI=1S/C12H24N2OS/c1-5-7-9(8-6-2)10(15)14-12(3,4)11(13)16/h9H,5-8H2,1-4H3,(H2,13,16)(H,14,15). The van der Waals surface area contributed by atoms with Crippen LogP contribution in [0.15, 0.2) is 0 Å². The van der Waals surface area contributed by atoms with Crippen molar-refractivity contribution in [3.63, 3.8) is 0 Å². The van der Waals surface area contributed by atoms with Crippen molar-refractivity contribution >= 4 is 23.1 Å². The van der Waals surface area contributed by atoms with Crippen molar-refractivity contribution in [3.8, 4) is 0 Å². The molecule has 0 aliphatic carbocycles. The quantitative estimate of drug-likeness (QED) is 0.676. The second-order valence-electron chi connectivity index (χ2n) is 4.75. The topological polar surface area (TPSA) is 55.1 Å². The van der Waals surface area contributed by atoms with E-state index in [0.29, 0.717) is 4.99 Å². The first-order valence-electron chi connectivity index (χ1n) is 5.97. The van der Waals surface area contributed by atoms with Gasteiger partial charge in [0.05, 0.1) is 10.5 Å². The molecule has 0 rings (SSSR count). The van der Waals surface area contributed by atoms with Gasteiger partial charge >= 0.3 is 0 Å². The minimum atomic E-state index is -0.591. The van der Waals surface area contributed by atoms with Crippen LogP contribution >= 0.6 is 12.2 Å². The molecule has 0 radical (unpaired) electrons. The van der Waals surface area contributed by atoms with Gasteiger partial charge in [0.2, 0.25) is 5.91 Å². The van der Waals surface area contributed by atoms with Crippen LogP contribution in [0.4, 0.5) is 0 Å². The molecule has 0 spiro atoms. The highest BCUT2D eigenvalue weighted by Gasteiger charge is 2.27. The molecule has 4 heteroatoms. The van der Waals surface area contributed by atoms with Crippen LogP contribution in [0.2, 0.25) is 0 Å². The maximum atomic E-state index is 12.0. The summed E-state index contributed by atoms with van der Waals surface area (Å²) in [6, 6.07) is 0. The van der Waals surface area contributed by atoms with Crippen LogP contribution in [0.5, 0.6) is 0 Å². The predicted molar refractivity (Wildman–Crippen MR) is 72.3 cm³/mol. The van der Waals surface area contributed by atoms with E-state index in [1.165, 1.54) is 0 Å². The van der Waals surface area contributed by atoms with Gasteiger partial charge in [-0.1, -0.05) is 38.9 Å². The fourth-order valence-electron chi connectivity index (χ4n) is 1.58. The normalized spacial score (nSPS) is 11.6. The van der Waals surface area contributed by atoms with Crippen LogP contribution in [0.1, 0.15) is 53.4 Å². The molecule has 0 unspecified atom stereocenters. The third-order valence-corrected chi connectivity index (χ3v) is 3.21. The van der Waals surface area contributed by atoms with Crippen molar-refractivity contribution in [3.05, 3.63) is 0 Å². The van der Waals surface area contributed by atoms with E-state index >= 15 is 0 Å². The zero-order chi connectivity index (χ0) is 12.8. The van der Waals surface area contributed by atoms with Crippen molar-refractivity contribution in [2.24, 2.45) is 11.7 Å². The SMILES string of the molecule is CCCC(CCC)C(=O)NC(C)(C)C(N)=S. The Morgan fingerprint density at radius 1 is 1.31 bits per heavy atom. The van der Waals surface area contributed by atoms with Crippen molar-refractivity contribution in [2.45, 2.75) is 58.9 Å². The third kappa shape index (κ3) is 4.92. The van der Waals surface area contributed by atoms with Gasteiger partial charge in [0.1, 0.15) is 0 Å². The fraction of sp³-hybridized carbons (Fsp3) is 0.833. The Kier molecular flexibility index (Phi) is 6.56. The van der Waals surface area contributed by atoms with E-state index in [2.05, 4.69) is 19.2 Å². The number of carbonyl (C=O) groups excluding carboxylic acids is 1. The van der Waals surface area contributed by atoms with Gasteiger partial charge in [0, 0.05) is 5.92 Å². The maximum absolute atomic E-state index is 12.0. The Bertz CT molecular complexity index is 245. The molecule has 0 bridgehead atoms. The van der Waals surface area contributed by atoms with E-state index in [-0.39, 0.29) is 11.8 Å². The van der Waals surface area contributed by atoms with E-state index in [9.17, 15) is 4.79 Å². The molecule has 0 aromatic heterocycles. The average Bonchev–Trinajstić information content (AvgIpc) is 2.16. The molecule has 0 aromatic carbocycles. The summed E-state index contributed by atoms with van der Waals surface area (Å²) >= 11 is 4.93. The van der Waals surface area contributed by atoms with Crippen molar-refractivity contribution < 1.29 is 4.79 Å². The Balaban J connectivity index is 4.45. The van der Waals surface area contributed by atoms with Gasteiger partial charge in [-0.3, -0.25) is 4.79 Å². The molecule has 0 aromatic rings. The molecule has 0 fully saturated rings. The second kappa shape index (κ2) is 6.84. The van der Waals surface area contributed by atoms with Gasteiger partial charge in [-0.25, -0.2) is 0 Å². The molecule has 3 nitrogen and oxygen atoms in total. The summed E-state index contributed by atoms with van der Waals surface area (Å²) in [5, 5.41) is 2.92. The van der Waals surface area contributed by atoms with E-state index in [4.69, 9.17) is 18.0 Å². The summed E-state index contributed by atoms with van der Waals surface area (Å²) in [4.78, 5) is 12.3. The summed E-state index contributed by atoms with van der Waals surface area (Å²) < 4.78 is 0. The Labute approximate surface area is 104 Å². The molecular formula is C12H24N2OS. The molecule has 1 amide bonds. The highest BCUT2D eigenvalue weighted by molar-refractivity contribution is 7.80. The van der Waals surface area contributed by atoms with Gasteiger partial charge in [0.15, 0.2) is 0 Å². The lowest BCUT2D eigenvalue weighted by molar-refractivity contribution is -0.126. The largest absolute Gasteiger partial charge is 0.391 e. The molecule has 0 aliphatic rings. The lowest BCUT2D eigenvalue weighted by Gasteiger charge is -2.27. The summed E-state index contributed by atoms with van der Waals surface area (Å²) in [6.07, 6.45) is 3.89. The van der Waals surface area contributed by atoms with Gasteiger partial charge in [-0.2, -0.15) is 0 Å². The summed E-state index contributed by atoms with van der Waals surface area (Å²) in [6.45, 7) is 7.85. The first-order chi connectivity index (χ1) is 7.35. The van der Waals surface area contributed by atoms with Gasteiger partial charge in [0.25, 0.3) is 0 Å². The summed E-state index contributed by atoms with van der Waals surface area (Å²) in [7, 11) is 0. The van der Waals surface area contributed by atoms with Crippen LogP contribution in [0.3, 0.4) is 0 Å². The van der Waals surface area contributed by atoms with E-state index in [0.717, 1.165) is 25.7 Å².